The zero-order valence-electron chi connectivity index (χ0n) is 13.9. The van der Waals surface area contributed by atoms with Crippen LogP contribution in [0.4, 0.5) is 4.39 Å². The molecule has 5 heteroatoms. The number of amides is 2. The normalized spacial score (nSPS) is 12.6. The number of nitrogens with zero attached hydrogens (tertiary/aromatic N) is 1. The van der Waals surface area contributed by atoms with E-state index in [-0.39, 0.29) is 29.7 Å². The van der Waals surface area contributed by atoms with Gasteiger partial charge >= 0.3 is 0 Å². The molecule has 0 radical (unpaired) electrons. The summed E-state index contributed by atoms with van der Waals surface area (Å²) in [5.41, 5.74) is 0.431. The van der Waals surface area contributed by atoms with E-state index >= 15 is 0 Å². The molecule has 2 amide bonds. The largest absolute Gasteiger partial charge is 0.350 e. The summed E-state index contributed by atoms with van der Waals surface area (Å²) < 4.78 is 13.0. The summed E-state index contributed by atoms with van der Waals surface area (Å²) in [7, 11) is 0. The Morgan fingerprint density at radius 3 is 2.23 bits per heavy atom. The average molecular weight is 308 g/mol. The van der Waals surface area contributed by atoms with E-state index in [1.807, 2.05) is 20.8 Å². The fourth-order valence-corrected chi connectivity index (χ4v) is 2.05. The zero-order valence-corrected chi connectivity index (χ0v) is 13.9. The van der Waals surface area contributed by atoms with Crippen molar-refractivity contribution in [2.24, 2.45) is 0 Å². The molecule has 122 valence electrons. The van der Waals surface area contributed by atoms with Crippen molar-refractivity contribution in [1.82, 2.24) is 10.2 Å². The number of carbonyl (C=O) groups is 2. The molecule has 0 aromatic heterocycles. The molecule has 0 bridgehead atoms. The Kier molecular flexibility index (Phi) is 6.09. The van der Waals surface area contributed by atoms with Gasteiger partial charge in [0.1, 0.15) is 11.9 Å². The van der Waals surface area contributed by atoms with Crippen molar-refractivity contribution in [1.29, 1.82) is 0 Å². The number of nitrogens with one attached hydrogen (secondary N) is 1. The Hall–Kier alpha value is -1.91. The molecule has 0 aliphatic heterocycles. The monoisotopic (exact) mass is 308 g/mol. The summed E-state index contributed by atoms with van der Waals surface area (Å²) >= 11 is 0. The molecule has 22 heavy (non-hydrogen) atoms. The van der Waals surface area contributed by atoms with Crippen LogP contribution in [-0.4, -0.2) is 28.3 Å². The van der Waals surface area contributed by atoms with E-state index in [4.69, 9.17) is 0 Å². The van der Waals surface area contributed by atoms with Crippen LogP contribution in [0.2, 0.25) is 0 Å². The predicted octanol–water partition coefficient (Wildman–Crippen LogP) is 2.87. The Morgan fingerprint density at radius 1 is 1.23 bits per heavy atom. The molecular weight excluding hydrogens is 283 g/mol. The van der Waals surface area contributed by atoms with Gasteiger partial charge in [0.05, 0.1) is 0 Å². The van der Waals surface area contributed by atoms with Crippen molar-refractivity contribution in [2.45, 2.75) is 59.2 Å². The molecule has 0 aliphatic rings. The topological polar surface area (TPSA) is 49.4 Å². The van der Waals surface area contributed by atoms with Crippen LogP contribution in [0, 0.1) is 5.82 Å². The first-order valence-corrected chi connectivity index (χ1v) is 7.50. The molecule has 1 aromatic rings. The van der Waals surface area contributed by atoms with Gasteiger partial charge in [-0.15, -0.1) is 0 Å². The quantitative estimate of drug-likeness (QED) is 0.909. The number of halogens is 1. The van der Waals surface area contributed by atoms with Gasteiger partial charge in [0, 0.05) is 18.5 Å². The summed E-state index contributed by atoms with van der Waals surface area (Å²) in [6, 6.07) is 5.36. The number of rotatable bonds is 5. The summed E-state index contributed by atoms with van der Waals surface area (Å²) in [4.78, 5) is 26.0. The van der Waals surface area contributed by atoms with Crippen molar-refractivity contribution in [2.75, 3.05) is 0 Å². The van der Waals surface area contributed by atoms with Crippen molar-refractivity contribution in [3.05, 3.63) is 35.6 Å². The van der Waals surface area contributed by atoms with Crippen molar-refractivity contribution in [3.63, 3.8) is 0 Å². The second kappa shape index (κ2) is 7.38. The van der Waals surface area contributed by atoms with E-state index in [2.05, 4.69) is 5.32 Å². The van der Waals surface area contributed by atoms with Gasteiger partial charge in [0.2, 0.25) is 11.8 Å². The fourth-order valence-electron chi connectivity index (χ4n) is 2.05. The van der Waals surface area contributed by atoms with Crippen molar-refractivity contribution < 1.29 is 14.0 Å². The highest BCUT2D eigenvalue weighted by Crippen LogP contribution is 2.12. The standard InChI is InChI=1S/C17H25FN2O2/c1-6-15(21)20(11-13-7-9-14(18)10-8-13)12(2)16(22)19-17(3,4)5/h7-10,12H,6,11H2,1-5H3,(H,19,22)/t12-/m1/s1. The first-order valence-electron chi connectivity index (χ1n) is 7.50. The molecule has 0 unspecified atom stereocenters. The summed E-state index contributed by atoms with van der Waals surface area (Å²) in [6.45, 7) is 9.43. The first kappa shape index (κ1) is 18.1. The number of hydrogen-bond donors (Lipinski definition) is 1. The van der Waals surface area contributed by atoms with E-state index in [1.54, 1.807) is 26.0 Å². The van der Waals surface area contributed by atoms with Crippen LogP contribution in [0.3, 0.4) is 0 Å². The molecule has 0 heterocycles. The summed E-state index contributed by atoms with van der Waals surface area (Å²) in [6.07, 6.45) is 0.314. The fraction of sp³-hybridized carbons (Fsp3) is 0.529. The predicted molar refractivity (Wildman–Crippen MR) is 84.6 cm³/mol. The van der Waals surface area contributed by atoms with E-state index in [0.29, 0.717) is 6.42 Å². The molecule has 1 N–H and O–H groups in total. The van der Waals surface area contributed by atoms with Crippen molar-refractivity contribution >= 4 is 11.8 Å². The number of carbonyl (C=O) groups excluding carboxylic acids is 2. The number of benzene rings is 1. The SMILES string of the molecule is CCC(=O)N(Cc1ccc(F)cc1)[C@H](C)C(=O)NC(C)(C)C. The maximum absolute atomic E-state index is 13.0. The van der Waals surface area contributed by atoms with Crippen LogP contribution in [-0.2, 0) is 16.1 Å². The maximum atomic E-state index is 13.0. The van der Waals surface area contributed by atoms with Gasteiger partial charge < -0.3 is 10.2 Å². The second-order valence-electron chi connectivity index (χ2n) is 6.42. The Balaban J connectivity index is 2.90. The Labute approximate surface area is 131 Å². The minimum Gasteiger partial charge on any atom is -0.350 e. The number of hydrogen-bond acceptors (Lipinski definition) is 2. The molecule has 0 spiro atoms. The van der Waals surface area contributed by atoms with E-state index < -0.39 is 6.04 Å². The van der Waals surface area contributed by atoms with Crippen LogP contribution in [0.5, 0.6) is 0 Å². The average Bonchev–Trinajstić information content (AvgIpc) is 2.43. The molecule has 0 saturated carbocycles. The van der Waals surface area contributed by atoms with E-state index in [9.17, 15) is 14.0 Å². The van der Waals surface area contributed by atoms with Crippen LogP contribution in [0.25, 0.3) is 0 Å². The minimum atomic E-state index is -0.586. The lowest BCUT2D eigenvalue weighted by atomic mass is 10.1. The molecule has 1 aromatic carbocycles. The zero-order chi connectivity index (χ0) is 16.9. The molecule has 4 nitrogen and oxygen atoms in total. The molecular formula is C17H25FN2O2. The molecule has 0 fully saturated rings. The maximum Gasteiger partial charge on any atom is 0.242 e. The smallest absolute Gasteiger partial charge is 0.242 e. The summed E-state index contributed by atoms with van der Waals surface area (Å²) in [5, 5.41) is 2.88. The second-order valence-corrected chi connectivity index (χ2v) is 6.42. The van der Waals surface area contributed by atoms with Crippen molar-refractivity contribution in [3.8, 4) is 0 Å². The minimum absolute atomic E-state index is 0.110. The highest BCUT2D eigenvalue weighted by Gasteiger charge is 2.27. The van der Waals surface area contributed by atoms with Gasteiger partial charge in [-0.05, 0) is 45.4 Å². The van der Waals surface area contributed by atoms with Gasteiger partial charge in [-0.1, -0.05) is 19.1 Å². The molecule has 1 atom stereocenters. The third kappa shape index (κ3) is 5.47. The van der Waals surface area contributed by atoms with Gasteiger partial charge in [0.25, 0.3) is 0 Å². The Bertz CT molecular complexity index is 520. The Morgan fingerprint density at radius 2 is 1.77 bits per heavy atom. The molecule has 1 rings (SSSR count). The third-order valence-electron chi connectivity index (χ3n) is 3.23. The molecule has 0 aliphatic carbocycles. The van der Waals surface area contributed by atoms with Crippen LogP contribution < -0.4 is 5.32 Å². The molecule has 0 saturated heterocycles. The van der Waals surface area contributed by atoms with E-state index in [1.165, 1.54) is 17.0 Å². The summed E-state index contributed by atoms with van der Waals surface area (Å²) in [5.74, 6) is -0.632. The van der Waals surface area contributed by atoms with Gasteiger partial charge in [0.15, 0.2) is 0 Å². The lowest BCUT2D eigenvalue weighted by Gasteiger charge is -2.31. The lowest BCUT2D eigenvalue weighted by molar-refractivity contribution is -0.141. The van der Waals surface area contributed by atoms with Gasteiger partial charge in [-0.25, -0.2) is 4.39 Å². The lowest BCUT2D eigenvalue weighted by Crippen LogP contribution is -2.52. The van der Waals surface area contributed by atoms with Crippen LogP contribution in [0.1, 0.15) is 46.6 Å². The first-order chi connectivity index (χ1) is 10.1. The third-order valence-corrected chi connectivity index (χ3v) is 3.23. The highest BCUT2D eigenvalue weighted by molar-refractivity contribution is 5.87. The van der Waals surface area contributed by atoms with Gasteiger partial charge in [-0.3, -0.25) is 9.59 Å². The van der Waals surface area contributed by atoms with Gasteiger partial charge in [-0.2, -0.15) is 0 Å². The highest BCUT2D eigenvalue weighted by atomic mass is 19.1. The van der Waals surface area contributed by atoms with Crippen LogP contribution in [0.15, 0.2) is 24.3 Å². The van der Waals surface area contributed by atoms with Crippen LogP contribution >= 0.6 is 0 Å². The van der Waals surface area contributed by atoms with E-state index in [0.717, 1.165) is 5.56 Å².